The van der Waals surface area contributed by atoms with Gasteiger partial charge in [-0.25, -0.2) is 0 Å². The van der Waals surface area contributed by atoms with Gasteiger partial charge in [-0.1, -0.05) is 18.2 Å². The van der Waals surface area contributed by atoms with Crippen LogP contribution in [0.3, 0.4) is 0 Å². The van der Waals surface area contributed by atoms with E-state index in [1.807, 2.05) is 0 Å². The molecule has 1 amide bonds. The molecule has 0 heterocycles. The van der Waals surface area contributed by atoms with Crippen molar-refractivity contribution in [2.24, 2.45) is 20.5 Å². The highest BCUT2D eigenvalue weighted by atomic mass is 32.2. The van der Waals surface area contributed by atoms with E-state index in [1.54, 1.807) is 40.1 Å². The van der Waals surface area contributed by atoms with Gasteiger partial charge in [0.15, 0.2) is 5.75 Å². The predicted molar refractivity (Wildman–Crippen MR) is 236 cm³/mol. The van der Waals surface area contributed by atoms with E-state index in [0.29, 0.717) is 61.9 Å². The Morgan fingerprint density at radius 2 is 0.953 bits per heavy atom. The normalized spacial score (nSPS) is 11.8. The molecule has 0 radical (unpaired) electrons. The second-order valence-corrected chi connectivity index (χ2v) is 16.0. The van der Waals surface area contributed by atoms with E-state index in [2.05, 4.69) is 25.8 Å². The average molecular weight is 930 g/mol. The molecule has 0 spiro atoms. The Morgan fingerprint density at radius 1 is 0.531 bits per heavy atom. The highest BCUT2D eigenvalue weighted by Crippen LogP contribution is 2.42. The molecule has 5 aromatic rings. The van der Waals surface area contributed by atoms with Crippen LogP contribution in [0.4, 0.5) is 28.4 Å². The van der Waals surface area contributed by atoms with Gasteiger partial charge in [0.1, 0.15) is 10.6 Å². The molecular weight excluding hydrogens is 879 g/mol. The Morgan fingerprint density at radius 3 is 1.36 bits per heavy atom. The monoisotopic (exact) mass is 929 g/mol. The topological polar surface area (TPSA) is 335 Å². The number of azo groups is 2. The van der Waals surface area contributed by atoms with Crippen molar-refractivity contribution < 1.29 is 66.5 Å². The second kappa shape index (κ2) is 26.8. The molecule has 0 aliphatic rings. The minimum Gasteiger partial charge on any atom is -0.505 e. The van der Waals surface area contributed by atoms with Crippen LogP contribution in [0, 0.1) is 0 Å². The lowest BCUT2D eigenvalue weighted by Crippen LogP contribution is -2.32. The molecule has 23 heteroatoms. The number of rotatable bonds is 20. The second-order valence-electron chi connectivity index (χ2n) is 13.2. The molecule has 0 fully saturated rings. The number of fused-ring (bicyclic) bond motifs is 1. The van der Waals surface area contributed by atoms with Gasteiger partial charge in [0.05, 0.1) is 61.6 Å². The number of phenolic OH excluding ortho intramolecular Hbond substituents is 1. The zero-order valence-electron chi connectivity index (χ0n) is 34.4. The molecule has 0 aliphatic heterocycles. The fraction of sp³-hybridized carbons (Fsp3) is 0.293. The summed E-state index contributed by atoms with van der Waals surface area (Å²) in [5.41, 5.74) is 1.23. The number of aliphatic hydroxyl groups is 6. The van der Waals surface area contributed by atoms with Gasteiger partial charge in [0.2, 0.25) is 0 Å². The van der Waals surface area contributed by atoms with Crippen LogP contribution < -0.4 is 5.32 Å². The molecule has 0 saturated heterocycles. The maximum Gasteiger partial charge on any atom is 0.296 e. The third-order valence-electron chi connectivity index (χ3n) is 8.65. The molecule has 0 bridgehead atoms. The first-order valence-corrected chi connectivity index (χ1v) is 22.2. The van der Waals surface area contributed by atoms with Crippen LogP contribution in [-0.4, -0.2) is 156 Å². The summed E-state index contributed by atoms with van der Waals surface area (Å²) in [7, 11) is -9.18. The molecule has 21 nitrogen and oxygen atoms in total. The summed E-state index contributed by atoms with van der Waals surface area (Å²) in [6, 6.07) is 25.1. The van der Waals surface area contributed by atoms with Crippen molar-refractivity contribution in [2.45, 2.75) is 9.79 Å². The number of carbonyl (C=O) groups excluding carboxylic acids is 1. The summed E-state index contributed by atoms with van der Waals surface area (Å²) in [4.78, 5) is 15.1. The lowest BCUT2D eigenvalue weighted by atomic mass is 10.1. The third kappa shape index (κ3) is 17.5. The Bertz CT molecular complexity index is 2450. The van der Waals surface area contributed by atoms with Crippen LogP contribution in [-0.2, 0) is 20.2 Å². The van der Waals surface area contributed by atoms with Gasteiger partial charge in [-0.15, -0.1) is 5.11 Å². The number of amides is 1. The van der Waals surface area contributed by atoms with Crippen molar-refractivity contribution in [1.82, 2.24) is 9.80 Å². The molecule has 64 heavy (non-hydrogen) atoms. The lowest BCUT2D eigenvalue weighted by Gasteiger charge is -2.17. The number of anilines is 1. The van der Waals surface area contributed by atoms with Crippen molar-refractivity contribution in [3.8, 4) is 5.75 Å². The van der Waals surface area contributed by atoms with Gasteiger partial charge in [-0.3, -0.25) is 23.7 Å². The summed E-state index contributed by atoms with van der Waals surface area (Å²) < 4.78 is 65.7. The number of hydrogen-bond donors (Lipinski definition) is 10. The van der Waals surface area contributed by atoms with E-state index in [1.165, 1.54) is 66.7 Å². The van der Waals surface area contributed by atoms with Crippen molar-refractivity contribution in [2.75, 3.05) is 84.2 Å². The van der Waals surface area contributed by atoms with Crippen molar-refractivity contribution >= 4 is 65.4 Å². The van der Waals surface area contributed by atoms with Crippen molar-refractivity contribution in [3.63, 3.8) is 0 Å². The zero-order chi connectivity index (χ0) is 47.1. The summed E-state index contributed by atoms with van der Waals surface area (Å²) >= 11 is 0. The largest absolute Gasteiger partial charge is 0.505 e. The molecule has 0 atom stereocenters. The number of hydrogen-bond acceptors (Lipinski definition) is 18. The number of carbonyl (C=O) groups is 1. The van der Waals surface area contributed by atoms with Crippen LogP contribution in [0.1, 0.15) is 10.4 Å². The summed E-state index contributed by atoms with van der Waals surface area (Å²) in [5.74, 6) is -0.943. The van der Waals surface area contributed by atoms with Gasteiger partial charge in [-0.05, 0) is 90.3 Å². The molecule has 5 aromatic carbocycles. The number of nitrogens with zero attached hydrogens (tertiary/aromatic N) is 6. The first-order chi connectivity index (χ1) is 30.6. The highest BCUT2D eigenvalue weighted by molar-refractivity contribution is 7.86. The number of benzene rings is 5. The average Bonchev–Trinajstić information content (AvgIpc) is 3.26. The minimum atomic E-state index is -4.86. The van der Waals surface area contributed by atoms with E-state index in [9.17, 15) is 31.3 Å². The van der Waals surface area contributed by atoms with Crippen LogP contribution in [0.5, 0.6) is 5.75 Å². The maximum absolute atomic E-state index is 12.5. The lowest BCUT2D eigenvalue weighted by molar-refractivity contribution is 0.102. The molecule has 5 rings (SSSR count). The zero-order valence-corrected chi connectivity index (χ0v) is 36.0. The van der Waals surface area contributed by atoms with E-state index in [0.717, 1.165) is 6.07 Å². The van der Waals surface area contributed by atoms with Crippen molar-refractivity contribution in [3.05, 3.63) is 109 Å². The smallest absolute Gasteiger partial charge is 0.296 e. The van der Waals surface area contributed by atoms with Crippen LogP contribution >= 0.6 is 0 Å². The van der Waals surface area contributed by atoms with Crippen LogP contribution in [0.15, 0.2) is 133 Å². The predicted octanol–water partition coefficient (Wildman–Crippen LogP) is 3.65. The molecule has 0 aliphatic carbocycles. The Balaban J connectivity index is 0.000000451. The molecule has 0 saturated carbocycles. The van der Waals surface area contributed by atoms with Gasteiger partial charge < -0.3 is 41.1 Å². The van der Waals surface area contributed by atoms with E-state index >= 15 is 0 Å². The number of phenols is 1. The summed E-state index contributed by atoms with van der Waals surface area (Å²) in [6.45, 7) is 3.51. The fourth-order valence-corrected chi connectivity index (χ4v) is 6.67. The SMILES string of the molecule is O=C(Nc1ccc2c(O)c(N=Nc3ccc(N=Nc4ccc(S(=O)(=O)O)cc4)cc3)c(S(=O)(=O)O)cc2c1)c1ccccc1.OCCN(CCO)CCO.OCCN(CCO)CCO. The molecule has 10 N–H and O–H groups in total. The molecule has 346 valence electrons. The van der Waals surface area contributed by atoms with Crippen molar-refractivity contribution in [1.29, 1.82) is 0 Å². The number of aliphatic hydroxyl groups excluding tert-OH is 6. The van der Waals surface area contributed by atoms with Crippen LogP contribution in [0.25, 0.3) is 10.8 Å². The van der Waals surface area contributed by atoms with E-state index < -0.39 is 42.5 Å². The maximum atomic E-state index is 12.5. The molecule has 0 aromatic heterocycles. The Kier molecular flexibility index (Phi) is 22.1. The first-order valence-electron chi connectivity index (χ1n) is 19.3. The number of aromatic hydroxyl groups is 1. The van der Waals surface area contributed by atoms with E-state index in [-0.39, 0.29) is 61.0 Å². The fourth-order valence-electron chi connectivity index (χ4n) is 5.53. The molecule has 0 unspecified atom stereocenters. The summed E-state index contributed by atoms with van der Waals surface area (Å²) in [6.07, 6.45) is 0. The van der Waals surface area contributed by atoms with Gasteiger partial charge in [0, 0.05) is 55.9 Å². The van der Waals surface area contributed by atoms with Gasteiger partial charge in [0.25, 0.3) is 26.1 Å². The van der Waals surface area contributed by atoms with Gasteiger partial charge in [-0.2, -0.15) is 32.2 Å². The number of nitrogens with one attached hydrogen (secondary N) is 1. The highest BCUT2D eigenvalue weighted by Gasteiger charge is 2.22. The molecular formula is C41H51N7O14S2. The third-order valence-corrected chi connectivity index (χ3v) is 10.4. The Labute approximate surface area is 369 Å². The van der Waals surface area contributed by atoms with E-state index in [4.69, 9.17) is 35.2 Å². The van der Waals surface area contributed by atoms with Crippen LogP contribution in [0.2, 0.25) is 0 Å². The minimum absolute atomic E-state index is 0.0694. The standard InChI is InChI=1S/C29H21N5O8S2.2C6H15NO3/c35-28-25-15-12-23(30-29(36)18-4-2-1-3-5-18)16-19(25)17-26(44(40,41)42)27(28)34-33-21-8-6-20(7-9-21)31-32-22-10-13-24(14-11-22)43(37,38)39;2*8-4-1-7(2-5-9)3-6-10/h1-17,35H,(H,30,36)(H,37,38,39)(H,40,41,42);2*8-10H,1-6H2. The summed E-state index contributed by atoms with van der Waals surface area (Å²) in [5, 5.41) is 80.8. The van der Waals surface area contributed by atoms with Gasteiger partial charge >= 0.3 is 0 Å². The quantitative estimate of drug-likeness (QED) is 0.0393. The Hall–Kier alpha value is -5.67. The first kappa shape index (κ1) is 52.7.